The highest BCUT2D eigenvalue weighted by Crippen LogP contribution is 2.43. The van der Waals surface area contributed by atoms with Crippen molar-refractivity contribution in [2.45, 2.75) is 56.0 Å². The van der Waals surface area contributed by atoms with Gasteiger partial charge in [-0.2, -0.15) is 9.97 Å². The van der Waals surface area contributed by atoms with E-state index in [2.05, 4.69) is 25.7 Å². The maximum atomic E-state index is 16.7. The van der Waals surface area contributed by atoms with Gasteiger partial charge in [0.25, 0.3) is 0 Å². The fraction of sp³-hybridized carbons (Fsp3) is 0.424. The molecule has 0 bridgehead atoms. The number of pyridine rings is 1. The van der Waals surface area contributed by atoms with Crippen LogP contribution in [0, 0.1) is 24.0 Å². The summed E-state index contributed by atoms with van der Waals surface area (Å²) in [5.41, 5.74) is 0.0814. The van der Waals surface area contributed by atoms with E-state index >= 15 is 4.39 Å². The van der Waals surface area contributed by atoms with Crippen LogP contribution in [0.2, 0.25) is 0 Å². The third-order valence-corrected chi connectivity index (χ3v) is 9.52. The SMILES string of the molecule is C#Cc1c(F)ccc2cccc(-c3ncc4c(N5CCCOC6CC65)nc(OC[C@@]56CCCN5C[C@H](F)C6)nc4c3F)c12. The molecule has 2 aromatic carbocycles. The van der Waals surface area contributed by atoms with Gasteiger partial charge in [-0.3, -0.25) is 9.88 Å². The summed E-state index contributed by atoms with van der Waals surface area (Å²) in [5, 5.41) is 1.54. The number of ether oxygens (including phenoxy) is 2. The van der Waals surface area contributed by atoms with Crippen molar-refractivity contribution in [3.05, 3.63) is 53.7 Å². The molecule has 10 heteroatoms. The van der Waals surface area contributed by atoms with Crippen molar-refractivity contribution < 1.29 is 22.6 Å². The lowest BCUT2D eigenvalue weighted by Crippen LogP contribution is -2.43. The number of hydrogen-bond donors (Lipinski definition) is 0. The normalized spacial score (nSPS) is 26.7. The van der Waals surface area contributed by atoms with Crippen molar-refractivity contribution in [3.8, 4) is 29.6 Å². The van der Waals surface area contributed by atoms with Crippen molar-refractivity contribution in [2.24, 2.45) is 0 Å². The van der Waals surface area contributed by atoms with Crippen molar-refractivity contribution in [1.82, 2.24) is 19.9 Å². The van der Waals surface area contributed by atoms with Gasteiger partial charge in [-0.1, -0.05) is 30.2 Å². The lowest BCUT2D eigenvalue weighted by molar-refractivity contribution is 0.107. The van der Waals surface area contributed by atoms with Crippen LogP contribution in [-0.2, 0) is 4.74 Å². The molecule has 0 N–H and O–H groups in total. The molecule has 5 heterocycles. The number of benzene rings is 2. The molecule has 2 unspecified atom stereocenters. The molecule has 3 aliphatic heterocycles. The van der Waals surface area contributed by atoms with Crippen LogP contribution in [0.5, 0.6) is 6.01 Å². The summed E-state index contributed by atoms with van der Waals surface area (Å²) in [5.74, 6) is 1.73. The van der Waals surface area contributed by atoms with Crippen LogP contribution >= 0.6 is 0 Å². The van der Waals surface area contributed by atoms with Crippen LogP contribution in [0.1, 0.15) is 37.7 Å². The van der Waals surface area contributed by atoms with Gasteiger partial charge < -0.3 is 14.4 Å². The third kappa shape index (κ3) is 4.32. The van der Waals surface area contributed by atoms with Crippen molar-refractivity contribution >= 4 is 27.5 Å². The summed E-state index contributed by atoms with van der Waals surface area (Å²) in [4.78, 5) is 18.2. The van der Waals surface area contributed by atoms with Gasteiger partial charge >= 0.3 is 6.01 Å². The molecule has 7 nitrogen and oxygen atoms in total. The minimum atomic E-state index is -0.898. The molecule has 8 rings (SSSR count). The summed E-state index contributed by atoms with van der Waals surface area (Å²) < 4.78 is 58.0. The minimum Gasteiger partial charge on any atom is -0.461 e. The molecule has 1 aliphatic carbocycles. The second-order valence-corrected chi connectivity index (χ2v) is 12.1. The summed E-state index contributed by atoms with van der Waals surface area (Å²) in [6.45, 7) is 2.80. The fourth-order valence-corrected chi connectivity index (χ4v) is 7.40. The highest BCUT2D eigenvalue weighted by Gasteiger charge is 2.50. The summed E-state index contributed by atoms with van der Waals surface area (Å²) >= 11 is 0. The van der Waals surface area contributed by atoms with E-state index in [1.165, 1.54) is 6.07 Å². The molecule has 3 saturated heterocycles. The van der Waals surface area contributed by atoms with E-state index in [-0.39, 0.29) is 41.5 Å². The van der Waals surface area contributed by atoms with Crippen LogP contribution in [-0.4, -0.2) is 76.6 Å². The molecule has 4 aromatic rings. The van der Waals surface area contributed by atoms with Gasteiger partial charge in [0, 0.05) is 43.3 Å². The molecule has 0 amide bonds. The van der Waals surface area contributed by atoms with Crippen LogP contribution in [0.4, 0.5) is 19.0 Å². The number of alkyl halides is 1. The first-order chi connectivity index (χ1) is 21.0. The summed E-state index contributed by atoms with van der Waals surface area (Å²) in [6, 6.07) is 8.34. The van der Waals surface area contributed by atoms with Crippen molar-refractivity contribution in [1.29, 1.82) is 0 Å². The quantitative estimate of drug-likeness (QED) is 0.290. The van der Waals surface area contributed by atoms with Crippen molar-refractivity contribution in [2.75, 3.05) is 37.7 Å². The van der Waals surface area contributed by atoms with Gasteiger partial charge in [0.05, 0.1) is 28.6 Å². The number of rotatable bonds is 5. The Labute approximate surface area is 247 Å². The van der Waals surface area contributed by atoms with E-state index in [4.69, 9.17) is 20.9 Å². The summed E-state index contributed by atoms with van der Waals surface area (Å²) in [7, 11) is 0. The Morgan fingerprint density at radius 3 is 2.93 bits per heavy atom. The predicted molar refractivity (Wildman–Crippen MR) is 157 cm³/mol. The number of halogens is 3. The van der Waals surface area contributed by atoms with E-state index in [9.17, 15) is 8.78 Å². The molecule has 0 spiro atoms. The lowest BCUT2D eigenvalue weighted by atomic mass is 9.95. The first-order valence-corrected chi connectivity index (χ1v) is 14.9. The van der Waals surface area contributed by atoms with Gasteiger partial charge in [-0.15, -0.1) is 6.42 Å². The lowest BCUT2D eigenvalue weighted by Gasteiger charge is -2.31. The van der Waals surface area contributed by atoms with Crippen molar-refractivity contribution in [3.63, 3.8) is 0 Å². The Balaban J connectivity index is 1.27. The molecule has 4 fully saturated rings. The first-order valence-electron chi connectivity index (χ1n) is 14.9. The molecular formula is C33H30F3N5O2. The Bertz CT molecular complexity index is 1810. The zero-order chi connectivity index (χ0) is 29.3. The second kappa shape index (κ2) is 10.1. The molecule has 4 aliphatic rings. The molecule has 0 radical (unpaired) electrons. The molecule has 43 heavy (non-hydrogen) atoms. The Morgan fingerprint density at radius 2 is 2.05 bits per heavy atom. The topological polar surface area (TPSA) is 63.6 Å². The standard InChI is InChI=1S/C33H30F3N5O2/c1-2-21-24(35)9-8-19-6-3-7-22(27(19)21)29-28(36)30-23(16-37-29)31(41-12-5-13-42-26-14-25(26)41)39-32(38-30)43-18-33-10-4-11-40(33)17-20(34)15-33/h1,3,6-9,16,20,25-26H,4-5,10-15,17-18H2/t20-,25?,26?,33+/m1/s1. The number of fused-ring (bicyclic) bond motifs is 4. The van der Waals surface area contributed by atoms with E-state index in [0.29, 0.717) is 53.7 Å². The van der Waals surface area contributed by atoms with Gasteiger partial charge in [0.2, 0.25) is 0 Å². The average Bonchev–Trinajstić information content (AvgIpc) is 3.62. The minimum absolute atomic E-state index is 0.0101. The fourth-order valence-electron chi connectivity index (χ4n) is 7.40. The molecule has 1 saturated carbocycles. The van der Waals surface area contributed by atoms with Gasteiger partial charge in [0.1, 0.15) is 35.6 Å². The zero-order valence-electron chi connectivity index (χ0n) is 23.5. The smallest absolute Gasteiger partial charge is 0.319 e. The number of aromatic nitrogens is 3. The maximum Gasteiger partial charge on any atom is 0.319 e. The maximum absolute atomic E-state index is 16.7. The number of terminal acetylenes is 1. The largest absolute Gasteiger partial charge is 0.461 e. The van der Waals surface area contributed by atoms with Gasteiger partial charge in [-0.25, -0.2) is 13.2 Å². The van der Waals surface area contributed by atoms with E-state index < -0.39 is 23.3 Å². The Hall–Kier alpha value is -3.94. The van der Waals surface area contributed by atoms with E-state index in [1.54, 1.807) is 30.5 Å². The van der Waals surface area contributed by atoms with Gasteiger partial charge in [-0.05, 0) is 43.7 Å². The second-order valence-electron chi connectivity index (χ2n) is 12.1. The monoisotopic (exact) mass is 585 g/mol. The van der Waals surface area contributed by atoms with Gasteiger partial charge in [0.15, 0.2) is 5.82 Å². The molecular weight excluding hydrogens is 555 g/mol. The van der Waals surface area contributed by atoms with Crippen LogP contribution in [0.15, 0.2) is 36.5 Å². The molecule has 2 aromatic heterocycles. The Kier molecular flexibility index (Phi) is 6.24. The number of nitrogens with zero attached hydrogens (tertiary/aromatic N) is 5. The van der Waals surface area contributed by atoms with E-state index in [0.717, 1.165) is 32.2 Å². The van der Waals surface area contributed by atoms with Crippen LogP contribution < -0.4 is 9.64 Å². The average molecular weight is 586 g/mol. The highest BCUT2D eigenvalue weighted by molar-refractivity contribution is 6.02. The van der Waals surface area contributed by atoms with E-state index in [1.807, 2.05) is 0 Å². The summed E-state index contributed by atoms with van der Waals surface area (Å²) in [6.07, 6.45) is 10.3. The number of anilines is 1. The predicted octanol–water partition coefficient (Wildman–Crippen LogP) is 5.43. The third-order valence-electron chi connectivity index (χ3n) is 9.52. The molecule has 220 valence electrons. The van der Waals surface area contributed by atoms with Crippen LogP contribution in [0.3, 0.4) is 0 Å². The Morgan fingerprint density at radius 1 is 1.14 bits per heavy atom. The highest BCUT2D eigenvalue weighted by atomic mass is 19.1. The number of hydrogen-bond acceptors (Lipinski definition) is 7. The van der Waals surface area contributed by atoms with Crippen LogP contribution in [0.25, 0.3) is 32.9 Å². The molecule has 4 atom stereocenters. The first kappa shape index (κ1) is 26.7. The zero-order valence-corrected chi connectivity index (χ0v) is 23.5.